The largest absolute Gasteiger partial charge is 0.472 e. The Morgan fingerprint density at radius 1 is 1.62 bits per heavy atom. The van der Waals surface area contributed by atoms with Crippen molar-refractivity contribution in [2.45, 2.75) is 32.3 Å². The van der Waals surface area contributed by atoms with Gasteiger partial charge in [0.2, 0.25) is 0 Å². The predicted molar refractivity (Wildman–Crippen MR) is 49.6 cm³/mol. The van der Waals surface area contributed by atoms with Gasteiger partial charge in [0.05, 0.1) is 18.2 Å². The third kappa shape index (κ3) is 1.91. The van der Waals surface area contributed by atoms with Crippen molar-refractivity contribution in [3.05, 3.63) is 24.2 Å². The van der Waals surface area contributed by atoms with E-state index in [4.69, 9.17) is 9.25 Å². The molecule has 1 heterocycles. The van der Waals surface area contributed by atoms with Crippen LogP contribution in [0.15, 0.2) is 28.2 Å². The number of rotatable bonds is 3. The summed E-state index contributed by atoms with van der Waals surface area (Å²) in [6.07, 6.45) is 7.21. The van der Waals surface area contributed by atoms with Crippen molar-refractivity contribution in [3.8, 4) is 0 Å². The van der Waals surface area contributed by atoms with Gasteiger partial charge in [-0.05, 0) is 32.3 Å². The standard InChI is InChI=1S/C10H13NO2/c1-8(9-5-6-12-7-9)11-13-10-3-2-4-10/h5-7,10H,2-4H2,1H3/b11-8-. The maximum absolute atomic E-state index is 5.31. The Labute approximate surface area is 77.4 Å². The van der Waals surface area contributed by atoms with E-state index in [2.05, 4.69) is 5.16 Å². The summed E-state index contributed by atoms with van der Waals surface area (Å²) in [5.74, 6) is 0. The predicted octanol–water partition coefficient (Wildman–Crippen LogP) is 2.57. The molecule has 0 N–H and O–H groups in total. The zero-order chi connectivity index (χ0) is 9.10. The first kappa shape index (κ1) is 8.35. The van der Waals surface area contributed by atoms with E-state index in [1.165, 1.54) is 6.42 Å². The van der Waals surface area contributed by atoms with Gasteiger partial charge in [-0.3, -0.25) is 0 Å². The molecule has 0 aliphatic heterocycles. The molecule has 0 atom stereocenters. The van der Waals surface area contributed by atoms with Crippen LogP contribution >= 0.6 is 0 Å². The molecule has 0 saturated heterocycles. The van der Waals surface area contributed by atoms with Crippen LogP contribution in [-0.2, 0) is 4.84 Å². The maximum atomic E-state index is 5.31. The minimum Gasteiger partial charge on any atom is -0.472 e. The van der Waals surface area contributed by atoms with E-state index in [0.717, 1.165) is 24.1 Å². The Morgan fingerprint density at radius 2 is 2.46 bits per heavy atom. The smallest absolute Gasteiger partial charge is 0.127 e. The highest BCUT2D eigenvalue weighted by Gasteiger charge is 2.18. The monoisotopic (exact) mass is 179 g/mol. The quantitative estimate of drug-likeness (QED) is 0.528. The second-order valence-electron chi connectivity index (χ2n) is 3.35. The van der Waals surface area contributed by atoms with E-state index >= 15 is 0 Å². The highest BCUT2D eigenvalue weighted by molar-refractivity contribution is 5.97. The molecule has 0 bridgehead atoms. The number of furan rings is 1. The Hall–Kier alpha value is -1.25. The summed E-state index contributed by atoms with van der Waals surface area (Å²) in [5.41, 5.74) is 1.86. The second kappa shape index (κ2) is 3.64. The van der Waals surface area contributed by atoms with E-state index < -0.39 is 0 Å². The van der Waals surface area contributed by atoms with Gasteiger partial charge in [0.25, 0.3) is 0 Å². The van der Waals surface area contributed by atoms with Crippen molar-refractivity contribution < 1.29 is 9.25 Å². The lowest BCUT2D eigenvalue weighted by Gasteiger charge is -2.22. The highest BCUT2D eigenvalue weighted by atomic mass is 16.6. The number of nitrogens with zero attached hydrogens (tertiary/aromatic N) is 1. The molecule has 1 aliphatic carbocycles. The molecule has 0 spiro atoms. The van der Waals surface area contributed by atoms with E-state index in [9.17, 15) is 0 Å². The molecule has 1 saturated carbocycles. The van der Waals surface area contributed by atoms with Crippen LogP contribution in [0.2, 0.25) is 0 Å². The van der Waals surface area contributed by atoms with Crippen LogP contribution in [0.5, 0.6) is 0 Å². The molecule has 70 valence electrons. The first-order valence-electron chi connectivity index (χ1n) is 4.59. The van der Waals surface area contributed by atoms with E-state index in [1.54, 1.807) is 12.5 Å². The van der Waals surface area contributed by atoms with E-state index in [1.807, 2.05) is 13.0 Å². The summed E-state index contributed by atoms with van der Waals surface area (Å²) < 4.78 is 4.95. The molecule has 13 heavy (non-hydrogen) atoms. The van der Waals surface area contributed by atoms with Crippen LogP contribution in [0.25, 0.3) is 0 Å². The molecule has 1 aromatic rings. The third-order valence-electron chi connectivity index (χ3n) is 2.33. The van der Waals surface area contributed by atoms with Crippen LogP contribution in [0.3, 0.4) is 0 Å². The van der Waals surface area contributed by atoms with Crippen molar-refractivity contribution in [2.75, 3.05) is 0 Å². The van der Waals surface area contributed by atoms with Gasteiger partial charge >= 0.3 is 0 Å². The van der Waals surface area contributed by atoms with Crippen molar-refractivity contribution in [2.24, 2.45) is 5.16 Å². The molecule has 0 unspecified atom stereocenters. The molecule has 1 fully saturated rings. The lowest BCUT2D eigenvalue weighted by atomic mass is 9.97. The lowest BCUT2D eigenvalue weighted by molar-refractivity contribution is 0.00604. The molecule has 3 heteroatoms. The number of hydrogen-bond acceptors (Lipinski definition) is 3. The van der Waals surface area contributed by atoms with Crippen molar-refractivity contribution in [3.63, 3.8) is 0 Å². The lowest BCUT2D eigenvalue weighted by Crippen LogP contribution is -2.19. The van der Waals surface area contributed by atoms with Gasteiger partial charge in [0.1, 0.15) is 6.10 Å². The summed E-state index contributed by atoms with van der Waals surface area (Å²) in [5, 5.41) is 4.05. The molecule has 1 aromatic heterocycles. The number of hydrogen-bond donors (Lipinski definition) is 0. The summed E-state index contributed by atoms with van der Waals surface area (Å²) in [7, 11) is 0. The number of oxime groups is 1. The summed E-state index contributed by atoms with van der Waals surface area (Å²) >= 11 is 0. The Balaban J connectivity index is 1.91. The van der Waals surface area contributed by atoms with Crippen LogP contribution in [0.1, 0.15) is 31.7 Å². The summed E-state index contributed by atoms with van der Waals surface area (Å²) in [6.45, 7) is 1.92. The van der Waals surface area contributed by atoms with Crippen LogP contribution in [0.4, 0.5) is 0 Å². The van der Waals surface area contributed by atoms with E-state index in [-0.39, 0.29) is 0 Å². The molecular weight excluding hydrogens is 166 g/mol. The Morgan fingerprint density at radius 3 is 3.00 bits per heavy atom. The van der Waals surface area contributed by atoms with E-state index in [0.29, 0.717) is 6.10 Å². The SMILES string of the molecule is C/C(=N/OC1CCC1)c1ccoc1. The second-order valence-corrected chi connectivity index (χ2v) is 3.35. The van der Waals surface area contributed by atoms with Crippen LogP contribution in [-0.4, -0.2) is 11.8 Å². The summed E-state index contributed by atoms with van der Waals surface area (Å²) in [6, 6.07) is 1.88. The Bertz CT molecular complexity index is 286. The highest BCUT2D eigenvalue weighted by Crippen LogP contribution is 2.22. The minimum atomic E-state index is 0.349. The van der Waals surface area contributed by atoms with Gasteiger partial charge in [0.15, 0.2) is 0 Å². The molecule has 3 nitrogen and oxygen atoms in total. The third-order valence-corrected chi connectivity index (χ3v) is 2.33. The van der Waals surface area contributed by atoms with Gasteiger partial charge in [0, 0.05) is 5.56 Å². The van der Waals surface area contributed by atoms with Crippen molar-refractivity contribution in [1.29, 1.82) is 0 Å². The van der Waals surface area contributed by atoms with Gasteiger partial charge < -0.3 is 9.25 Å². The first-order chi connectivity index (χ1) is 6.36. The maximum Gasteiger partial charge on any atom is 0.127 e. The normalized spacial score (nSPS) is 18.4. The molecule has 1 aliphatic rings. The van der Waals surface area contributed by atoms with Crippen molar-refractivity contribution >= 4 is 5.71 Å². The molecule has 0 radical (unpaired) electrons. The molecule has 0 amide bonds. The van der Waals surface area contributed by atoms with Gasteiger partial charge in [-0.15, -0.1) is 0 Å². The minimum absolute atomic E-state index is 0.349. The van der Waals surface area contributed by atoms with Crippen molar-refractivity contribution in [1.82, 2.24) is 0 Å². The van der Waals surface area contributed by atoms with Gasteiger partial charge in [-0.1, -0.05) is 5.16 Å². The fourth-order valence-corrected chi connectivity index (χ4v) is 1.15. The fraction of sp³-hybridized carbons (Fsp3) is 0.500. The van der Waals surface area contributed by atoms with Crippen LogP contribution < -0.4 is 0 Å². The average Bonchev–Trinajstić information content (AvgIpc) is 2.52. The molecule has 2 rings (SSSR count). The van der Waals surface area contributed by atoms with Gasteiger partial charge in [-0.25, -0.2) is 0 Å². The fourth-order valence-electron chi connectivity index (χ4n) is 1.15. The summed E-state index contributed by atoms with van der Waals surface area (Å²) in [4.78, 5) is 5.31. The average molecular weight is 179 g/mol. The zero-order valence-electron chi connectivity index (χ0n) is 7.69. The molecular formula is C10H13NO2. The van der Waals surface area contributed by atoms with Gasteiger partial charge in [-0.2, -0.15) is 0 Å². The molecule has 0 aromatic carbocycles. The Kier molecular flexibility index (Phi) is 2.34. The van der Waals surface area contributed by atoms with Crippen LogP contribution in [0, 0.1) is 0 Å². The topological polar surface area (TPSA) is 34.7 Å². The first-order valence-corrected chi connectivity index (χ1v) is 4.59. The zero-order valence-corrected chi connectivity index (χ0v) is 7.69.